The smallest absolute Gasteiger partial charge is 0.418 e. The van der Waals surface area contributed by atoms with Crippen molar-refractivity contribution in [3.63, 3.8) is 0 Å². The summed E-state index contributed by atoms with van der Waals surface area (Å²) in [5.74, 6) is -0.0938. The Balaban J connectivity index is 2.08. The van der Waals surface area contributed by atoms with Crippen molar-refractivity contribution in [3.05, 3.63) is 23.5 Å². The Morgan fingerprint density at radius 3 is 2.40 bits per heavy atom. The van der Waals surface area contributed by atoms with Crippen molar-refractivity contribution in [1.29, 1.82) is 5.26 Å². The summed E-state index contributed by atoms with van der Waals surface area (Å²) in [6.07, 6.45) is 2.93. The molecule has 1 aromatic rings. The molecule has 0 radical (unpaired) electrons. The maximum atomic E-state index is 11.6. The number of carbonyl (C=O) groups is 1. The Morgan fingerprint density at radius 2 is 2.00 bits per heavy atom. The summed E-state index contributed by atoms with van der Waals surface area (Å²) in [4.78, 5) is 11.6. The summed E-state index contributed by atoms with van der Waals surface area (Å²) in [5.41, 5.74) is 1.38. The maximum absolute atomic E-state index is 11.6. The second kappa shape index (κ2) is 2.86. The lowest BCUT2D eigenvalue weighted by atomic mass is 10.2. The molecule has 0 unspecified atom stereocenters. The van der Waals surface area contributed by atoms with Gasteiger partial charge in [0.1, 0.15) is 5.60 Å². The molecule has 1 aromatic heterocycles. The zero-order valence-electron chi connectivity index (χ0n) is 8.94. The molecule has 4 heteroatoms. The van der Waals surface area contributed by atoms with Gasteiger partial charge in [-0.05, 0) is 31.9 Å². The molecule has 78 valence electrons. The van der Waals surface area contributed by atoms with Crippen LogP contribution in [0.4, 0.5) is 4.79 Å². The minimum atomic E-state index is -0.491. The van der Waals surface area contributed by atoms with Crippen molar-refractivity contribution in [3.8, 4) is 6.07 Å². The molecule has 15 heavy (non-hydrogen) atoms. The van der Waals surface area contributed by atoms with Gasteiger partial charge in [-0.2, -0.15) is 5.26 Å². The average Bonchev–Trinajstić information content (AvgIpc) is 2.54. The second-order valence-corrected chi connectivity index (χ2v) is 4.62. The second-order valence-electron chi connectivity index (χ2n) is 4.62. The van der Waals surface area contributed by atoms with Crippen molar-refractivity contribution in [2.45, 2.75) is 32.3 Å². The first-order valence-electron chi connectivity index (χ1n) is 4.77. The third-order valence-corrected chi connectivity index (χ3v) is 2.16. The largest absolute Gasteiger partial charge is 0.443 e. The molecule has 0 aromatic carbocycles. The third kappa shape index (κ3) is 1.73. The summed E-state index contributed by atoms with van der Waals surface area (Å²) >= 11 is 0. The van der Waals surface area contributed by atoms with E-state index in [1.807, 2.05) is 20.8 Å². The highest BCUT2D eigenvalue weighted by Crippen LogP contribution is 2.43. The molecule has 4 nitrogen and oxygen atoms in total. The number of nitrogens with zero attached hydrogens (tertiary/aromatic N) is 2. The van der Waals surface area contributed by atoms with E-state index in [1.165, 1.54) is 4.57 Å². The topological polar surface area (TPSA) is 55.0 Å². The lowest BCUT2D eigenvalue weighted by Crippen LogP contribution is -2.26. The summed E-state index contributed by atoms with van der Waals surface area (Å²) < 4.78 is 6.57. The summed E-state index contributed by atoms with van der Waals surface area (Å²) in [6.45, 7) is 5.46. The van der Waals surface area contributed by atoms with Crippen LogP contribution in [0, 0.1) is 11.3 Å². The first kappa shape index (κ1) is 9.78. The van der Waals surface area contributed by atoms with Gasteiger partial charge in [-0.15, -0.1) is 0 Å². The van der Waals surface area contributed by atoms with E-state index in [1.54, 1.807) is 12.4 Å². The van der Waals surface area contributed by atoms with E-state index in [0.29, 0.717) is 0 Å². The number of hydrogen-bond acceptors (Lipinski definition) is 3. The number of fused-ring (bicyclic) bond motifs is 1. The van der Waals surface area contributed by atoms with Gasteiger partial charge in [0.05, 0.1) is 12.0 Å². The summed E-state index contributed by atoms with van der Waals surface area (Å²) in [7, 11) is 0. The molecule has 0 amide bonds. The molecule has 1 aliphatic rings. The van der Waals surface area contributed by atoms with Gasteiger partial charge in [-0.1, -0.05) is 0 Å². The molecular weight excluding hydrogens is 192 g/mol. The van der Waals surface area contributed by atoms with E-state index in [-0.39, 0.29) is 5.92 Å². The molecule has 0 saturated carbocycles. The maximum Gasteiger partial charge on any atom is 0.418 e. The Bertz CT molecular complexity index is 438. The van der Waals surface area contributed by atoms with Gasteiger partial charge >= 0.3 is 6.09 Å². The first-order valence-corrected chi connectivity index (χ1v) is 4.77. The normalized spacial score (nSPS) is 14.3. The van der Waals surface area contributed by atoms with Crippen molar-refractivity contribution in [2.24, 2.45) is 0 Å². The van der Waals surface area contributed by atoms with Crippen LogP contribution in [0.25, 0.3) is 0 Å². The van der Waals surface area contributed by atoms with E-state index in [0.717, 1.165) is 11.1 Å². The van der Waals surface area contributed by atoms with Crippen LogP contribution in [0.15, 0.2) is 12.4 Å². The van der Waals surface area contributed by atoms with E-state index >= 15 is 0 Å². The minimum Gasteiger partial charge on any atom is -0.443 e. The lowest BCUT2D eigenvalue weighted by molar-refractivity contribution is 0.0536. The van der Waals surface area contributed by atoms with Crippen molar-refractivity contribution >= 4 is 6.09 Å². The fourth-order valence-electron chi connectivity index (χ4n) is 1.45. The molecule has 0 bridgehead atoms. The van der Waals surface area contributed by atoms with Crippen molar-refractivity contribution in [2.75, 3.05) is 0 Å². The van der Waals surface area contributed by atoms with Gasteiger partial charge < -0.3 is 4.74 Å². The van der Waals surface area contributed by atoms with Gasteiger partial charge in [-0.3, -0.25) is 4.57 Å². The van der Waals surface area contributed by atoms with E-state index in [4.69, 9.17) is 10.00 Å². The van der Waals surface area contributed by atoms with Gasteiger partial charge in [0.15, 0.2) is 0 Å². The zero-order chi connectivity index (χ0) is 11.2. The van der Waals surface area contributed by atoms with Crippen LogP contribution in [0.5, 0.6) is 0 Å². The molecule has 0 spiro atoms. The lowest BCUT2D eigenvalue weighted by Gasteiger charge is -2.19. The molecule has 2 rings (SSSR count). The van der Waals surface area contributed by atoms with Crippen LogP contribution in [0.1, 0.15) is 37.8 Å². The first-order chi connectivity index (χ1) is 6.92. The Morgan fingerprint density at radius 1 is 1.47 bits per heavy atom. The van der Waals surface area contributed by atoms with Gasteiger partial charge in [0.2, 0.25) is 0 Å². The highest BCUT2D eigenvalue weighted by Gasteiger charge is 2.36. The number of carbonyl (C=O) groups excluding carboxylic acids is 1. The van der Waals surface area contributed by atoms with E-state index in [2.05, 4.69) is 6.07 Å². The predicted octanol–water partition coefficient (Wildman–Crippen LogP) is 2.24. The predicted molar refractivity (Wildman–Crippen MR) is 53.5 cm³/mol. The summed E-state index contributed by atoms with van der Waals surface area (Å²) in [6, 6.07) is 2.13. The fraction of sp³-hybridized carbons (Fsp3) is 0.455. The van der Waals surface area contributed by atoms with Crippen LogP contribution in [0.3, 0.4) is 0 Å². The standard InChI is InChI=1S/C11H12N2O2/c1-11(2,3)15-10(14)13-5-8-7(4-12)9(8)6-13/h5-7H,1-3H3. The molecule has 0 atom stereocenters. The van der Waals surface area contributed by atoms with Crippen molar-refractivity contribution in [1.82, 2.24) is 4.57 Å². The van der Waals surface area contributed by atoms with Gasteiger partial charge in [0.25, 0.3) is 0 Å². The minimum absolute atomic E-state index is 0.0938. The highest BCUT2D eigenvalue weighted by atomic mass is 16.6. The monoisotopic (exact) mass is 204 g/mol. The van der Waals surface area contributed by atoms with Crippen LogP contribution < -0.4 is 0 Å². The Kier molecular flexibility index (Phi) is 1.87. The SMILES string of the molecule is CC(C)(C)OC(=O)n1cc2c(c1)C2C#N. The fourth-order valence-corrected chi connectivity index (χ4v) is 1.45. The molecule has 1 heterocycles. The Labute approximate surface area is 88.1 Å². The highest BCUT2D eigenvalue weighted by molar-refractivity contribution is 5.74. The van der Waals surface area contributed by atoms with Gasteiger partial charge in [0, 0.05) is 12.4 Å². The van der Waals surface area contributed by atoms with Crippen LogP contribution in [-0.4, -0.2) is 16.3 Å². The average molecular weight is 204 g/mol. The van der Waals surface area contributed by atoms with Crippen molar-refractivity contribution < 1.29 is 9.53 Å². The van der Waals surface area contributed by atoms with Crippen LogP contribution in [-0.2, 0) is 4.74 Å². The Hall–Kier alpha value is -1.76. The molecule has 0 aliphatic heterocycles. The quantitative estimate of drug-likeness (QED) is 0.651. The molecule has 1 aliphatic carbocycles. The summed E-state index contributed by atoms with van der Waals surface area (Å²) in [5, 5.41) is 8.66. The number of ether oxygens (including phenoxy) is 1. The van der Waals surface area contributed by atoms with E-state index < -0.39 is 11.7 Å². The molecule has 0 saturated heterocycles. The molecule has 0 fully saturated rings. The van der Waals surface area contributed by atoms with Crippen LogP contribution >= 0.6 is 0 Å². The van der Waals surface area contributed by atoms with Crippen LogP contribution in [0.2, 0.25) is 0 Å². The number of aromatic nitrogens is 1. The molecule has 0 N–H and O–H groups in total. The zero-order valence-corrected chi connectivity index (χ0v) is 8.94. The number of hydrogen-bond donors (Lipinski definition) is 0. The number of nitriles is 1. The van der Waals surface area contributed by atoms with E-state index in [9.17, 15) is 4.79 Å². The van der Waals surface area contributed by atoms with Gasteiger partial charge in [-0.25, -0.2) is 4.79 Å². The third-order valence-electron chi connectivity index (χ3n) is 2.16. The number of rotatable bonds is 0. The molecular formula is C11H12N2O2.